The largest absolute Gasteiger partial charge is 0.366 e. The Morgan fingerprint density at radius 3 is 2.40 bits per heavy atom. The molecule has 12 heteroatoms. The molecule has 5 aromatic rings. The summed E-state index contributed by atoms with van der Waals surface area (Å²) >= 11 is 0. The zero-order chi connectivity index (χ0) is 30.2. The molecule has 42 heavy (non-hydrogen) atoms. The minimum Gasteiger partial charge on any atom is -0.366 e. The number of nitrogens with two attached hydrogens (primary N) is 1. The van der Waals surface area contributed by atoms with E-state index in [0.717, 1.165) is 22.1 Å². The van der Waals surface area contributed by atoms with Crippen molar-refractivity contribution in [2.24, 2.45) is 5.73 Å². The summed E-state index contributed by atoms with van der Waals surface area (Å²) in [6.45, 7) is 7.01. The van der Waals surface area contributed by atoms with Gasteiger partial charge in [-0.05, 0) is 48.5 Å². The van der Waals surface area contributed by atoms with Crippen LogP contribution < -0.4 is 5.73 Å². The van der Waals surface area contributed by atoms with Gasteiger partial charge >= 0.3 is 0 Å². The second-order valence-electron chi connectivity index (χ2n) is 11.1. The van der Waals surface area contributed by atoms with Crippen LogP contribution in [0, 0.1) is 11.6 Å². The number of ether oxygens (including phenoxy) is 1. The molecule has 3 aromatic heterocycles. The van der Waals surface area contributed by atoms with E-state index in [4.69, 9.17) is 10.5 Å². The van der Waals surface area contributed by atoms with E-state index in [1.54, 1.807) is 34.9 Å². The summed E-state index contributed by atoms with van der Waals surface area (Å²) < 4.78 is 64.6. The predicted molar refractivity (Wildman–Crippen MR) is 160 cm³/mol. The molecule has 0 saturated carbocycles. The molecule has 0 saturated heterocycles. The average Bonchev–Trinajstić information content (AvgIpc) is 3.54. The topological polar surface area (TPSA) is 109 Å². The Morgan fingerprint density at radius 1 is 1.00 bits per heavy atom. The standard InChI is InChI=1S/C30H30F2N4O4SSi/c1-42(2,3)16-15-40-19-35-27(18-25(29(33)37)28(35)24-10-9-20(31)17-26(24)32)22-11-13-34-30-23(22)12-14-36(30)41(38,39)21-7-5-4-6-8-21/h4-14,17-18H,15-16,19H2,1-3H3,(H2,33,37). The Bertz CT molecular complexity index is 1900. The summed E-state index contributed by atoms with van der Waals surface area (Å²) in [5.74, 6) is -2.45. The molecule has 0 fully saturated rings. The van der Waals surface area contributed by atoms with Gasteiger partial charge in [-0.25, -0.2) is 26.2 Å². The fourth-order valence-corrected chi connectivity index (χ4v) is 6.82. The molecule has 2 aromatic carbocycles. The van der Waals surface area contributed by atoms with Crippen molar-refractivity contribution in [1.29, 1.82) is 0 Å². The van der Waals surface area contributed by atoms with Crippen molar-refractivity contribution in [2.45, 2.75) is 37.3 Å². The van der Waals surface area contributed by atoms with Gasteiger partial charge in [0.25, 0.3) is 15.9 Å². The summed E-state index contributed by atoms with van der Waals surface area (Å²) in [5.41, 5.74) is 6.98. The summed E-state index contributed by atoms with van der Waals surface area (Å²) in [5, 5.41) is 0.472. The zero-order valence-corrected chi connectivity index (χ0v) is 25.2. The summed E-state index contributed by atoms with van der Waals surface area (Å²) in [6, 6.07) is 16.7. The molecule has 0 aliphatic rings. The van der Waals surface area contributed by atoms with Gasteiger partial charge in [0.1, 0.15) is 18.4 Å². The Morgan fingerprint density at radius 2 is 1.74 bits per heavy atom. The zero-order valence-electron chi connectivity index (χ0n) is 23.3. The van der Waals surface area contributed by atoms with E-state index in [1.807, 2.05) is 0 Å². The molecule has 0 atom stereocenters. The lowest BCUT2D eigenvalue weighted by molar-refractivity contribution is 0.0893. The van der Waals surface area contributed by atoms with Crippen LogP contribution in [-0.2, 0) is 21.5 Å². The summed E-state index contributed by atoms with van der Waals surface area (Å²) in [4.78, 5) is 17.1. The maximum Gasteiger partial charge on any atom is 0.269 e. The number of carbonyl (C=O) groups is 1. The average molecular weight is 609 g/mol. The van der Waals surface area contributed by atoms with Gasteiger partial charge in [-0.1, -0.05) is 37.8 Å². The third kappa shape index (κ3) is 5.65. The fraction of sp³-hybridized carbons (Fsp3) is 0.200. The number of pyridine rings is 1. The van der Waals surface area contributed by atoms with Gasteiger partial charge in [0.05, 0.1) is 21.8 Å². The van der Waals surface area contributed by atoms with Crippen LogP contribution in [0.4, 0.5) is 8.78 Å². The van der Waals surface area contributed by atoms with Gasteiger partial charge in [-0.2, -0.15) is 0 Å². The van der Waals surface area contributed by atoms with Crippen molar-refractivity contribution < 1.29 is 26.7 Å². The molecule has 0 unspecified atom stereocenters. The molecular formula is C30H30F2N4O4SSi. The Balaban J connectivity index is 1.71. The lowest BCUT2D eigenvalue weighted by Crippen LogP contribution is -2.22. The molecule has 1 amide bonds. The lowest BCUT2D eigenvalue weighted by atomic mass is 10.1. The first-order chi connectivity index (χ1) is 19.9. The number of aromatic nitrogens is 3. The van der Waals surface area contributed by atoms with E-state index >= 15 is 4.39 Å². The number of amides is 1. The molecule has 0 radical (unpaired) electrons. The van der Waals surface area contributed by atoms with Crippen molar-refractivity contribution in [1.82, 2.24) is 13.5 Å². The molecule has 0 spiro atoms. The second kappa shape index (κ2) is 11.3. The van der Waals surface area contributed by atoms with Crippen molar-refractivity contribution in [3.8, 4) is 22.5 Å². The van der Waals surface area contributed by atoms with Gasteiger partial charge < -0.3 is 15.0 Å². The molecule has 0 aliphatic carbocycles. The predicted octanol–water partition coefficient (Wildman–Crippen LogP) is 6.10. The molecule has 0 aliphatic heterocycles. The summed E-state index contributed by atoms with van der Waals surface area (Å²) in [6.07, 6.45) is 2.87. The fourth-order valence-electron chi connectivity index (χ4n) is 4.74. The van der Waals surface area contributed by atoms with Crippen LogP contribution in [0.5, 0.6) is 0 Å². The van der Waals surface area contributed by atoms with Crippen LogP contribution >= 0.6 is 0 Å². The van der Waals surface area contributed by atoms with Gasteiger partial charge in [-0.15, -0.1) is 0 Å². The molecular weight excluding hydrogens is 579 g/mol. The Kier molecular flexibility index (Phi) is 7.88. The molecule has 218 valence electrons. The van der Waals surface area contributed by atoms with Crippen molar-refractivity contribution >= 4 is 35.0 Å². The number of halogens is 2. The van der Waals surface area contributed by atoms with Crippen molar-refractivity contribution in [2.75, 3.05) is 6.61 Å². The van der Waals surface area contributed by atoms with E-state index in [0.29, 0.717) is 23.3 Å². The molecule has 2 N–H and O–H groups in total. The minimum absolute atomic E-state index is 0.00519. The number of hydrogen-bond donors (Lipinski definition) is 1. The minimum atomic E-state index is -3.96. The number of rotatable bonds is 10. The number of nitrogens with zero attached hydrogens (tertiary/aromatic N) is 3. The molecule has 0 bridgehead atoms. The van der Waals surface area contributed by atoms with Crippen LogP contribution in [0.15, 0.2) is 84.0 Å². The van der Waals surface area contributed by atoms with Gasteiger partial charge in [-0.3, -0.25) is 4.79 Å². The maximum absolute atomic E-state index is 15.1. The number of primary amides is 1. The highest BCUT2D eigenvalue weighted by atomic mass is 32.2. The van der Waals surface area contributed by atoms with E-state index in [-0.39, 0.29) is 34.1 Å². The number of hydrogen-bond acceptors (Lipinski definition) is 5. The van der Waals surface area contributed by atoms with E-state index in [2.05, 4.69) is 24.6 Å². The van der Waals surface area contributed by atoms with Crippen molar-refractivity contribution in [3.63, 3.8) is 0 Å². The van der Waals surface area contributed by atoms with Gasteiger partial charge in [0, 0.05) is 49.7 Å². The smallest absolute Gasteiger partial charge is 0.269 e. The molecule has 3 heterocycles. The molecule has 8 nitrogen and oxygen atoms in total. The maximum atomic E-state index is 15.1. The van der Waals surface area contributed by atoms with Gasteiger partial charge in [0.15, 0.2) is 5.65 Å². The third-order valence-electron chi connectivity index (χ3n) is 6.90. The third-order valence-corrected chi connectivity index (χ3v) is 10.3. The highest BCUT2D eigenvalue weighted by Gasteiger charge is 2.26. The lowest BCUT2D eigenvalue weighted by Gasteiger charge is -2.19. The van der Waals surface area contributed by atoms with E-state index < -0.39 is 35.6 Å². The highest BCUT2D eigenvalue weighted by Crippen LogP contribution is 2.38. The highest BCUT2D eigenvalue weighted by molar-refractivity contribution is 7.90. The normalized spacial score (nSPS) is 12.2. The van der Waals surface area contributed by atoms with Crippen LogP contribution in [-0.4, -0.2) is 42.5 Å². The Labute approximate surface area is 243 Å². The number of carbonyl (C=O) groups excluding carboxylic acids is 1. The monoisotopic (exact) mass is 608 g/mol. The van der Waals surface area contributed by atoms with Crippen LogP contribution in [0.1, 0.15) is 10.4 Å². The first-order valence-corrected chi connectivity index (χ1v) is 18.4. The van der Waals surface area contributed by atoms with Gasteiger partial charge in [0.2, 0.25) is 0 Å². The number of benzene rings is 2. The first kappa shape index (κ1) is 29.4. The van der Waals surface area contributed by atoms with Crippen LogP contribution in [0.25, 0.3) is 33.5 Å². The quantitative estimate of drug-likeness (QED) is 0.152. The van der Waals surface area contributed by atoms with E-state index in [1.165, 1.54) is 36.7 Å². The van der Waals surface area contributed by atoms with Crippen molar-refractivity contribution in [3.05, 3.63) is 96.3 Å². The first-order valence-electron chi connectivity index (χ1n) is 13.2. The molecule has 5 rings (SSSR count). The Hall–Kier alpha value is -4.13. The van der Waals surface area contributed by atoms with Crippen LogP contribution in [0.3, 0.4) is 0 Å². The number of fused-ring (bicyclic) bond motifs is 1. The van der Waals surface area contributed by atoms with E-state index in [9.17, 15) is 17.6 Å². The second-order valence-corrected chi connectivity index (χ2v) is 18.5. The van der Waals surface area contributed by atoms with Crippen LogP contribution in [0.2, 0.25) is 25.7 Å². The summed E-state index contributed by atoms with van der Waals surface area (Å²) in [7, 11) is -5.40. The SMILES string of the molecule is C[Si](C)(C)CCOCn1c(-c2ccnc3c2ccn3S(=O)(=O)c2ccccc2)cc(C(N)=O)c1-c1ccc(F)cc1F.